The Labute approximate surface area is 103 Å². The summed E-state index contributed by atoms with van der Waals surface area (Å²) in [6, 6.07) is 8.53. The predicted molar refractivity (Wildman–Crippen MR) is 65.9 cm³/mol. The standard InChI is InChI=1S/C11H8ClN5/c12-8-2-1-7(6-13)9(5-8)16-11-15-4-3-10(14)17-11/h1-5H,(H3,14,15,16,17). The van der Waals surface area contributed by atoms with Crippen molar-refractivity contribution in [3.8, 4) is 6.07 Å². The molecule has 0 radical (unpaired) electrons. The van der Waals surface area contributed by atoms with E-state index in [1.54, 1.807) is 24.3 Å². The molecule has 6 heteroatoms. The molecule has 1 aromatic carbocycles. The van der Waals surface area contributed by atoms with Gasteiger partial charge >= 0.3 is 0 Å². The number of benzene rings is 1. The molecule has 0 aliphatic carbocycles. The highest BCUT2D eigenvalue weighted by atomic mass is 35.5. The van der Waals surface area contributed by atoms with E-state index in [4.69, 9.17) is 22.6 Å². The van der Waals surface area contributed by atoms with Gasteiger partial charge in [0.1, 0.15) is 11.9 Å². The summed E-state index contributed by atoms with van der Waals surface area (Å²) in [7, 11) is 0. The van der Waals surface area contributed by atoms with Gasteiger partial charge in [0.25, 0.3) is 0 Å². The summed E-state index contributed by atoms with van der Waals surface area (Å²) >= 11 is 5.86. The number of rotatable bonds is 2. The number of nitrogens with one attached hydrogen (secondary N) is 1. The molecule has 1 aromatic heterocycles. The van der Waals surface area contributed by atoms with Crippen LogP contribution in [0, 0.1) is 11.3 Å². The van der Waals surface area contributed by atoms with Gasteiger partial charge in [0, 0.05) is 11.2 Å². The topological polar surface area (TPSA) is 87.6 Å². The van der Waals surface area contributed by atoms with Crippen molar-refractivity contribution in [3.05, 3.63) is 41.0 Å². The van der Waals surface area contributed by atoms with Crippen LogP contribution in [0.5, 0.6) is 0 Å². The van der Waals surface area contributed by atoms with Crippen LogP contribution < -0.4 is 11.1 Å². The third-order valence-electron chi connectivity index (χ3n) is 2.03. The lowest BCUT2D eigenvalue weighted by Gasteiger charge is -2.07. The number of nitrogens with zero attached hydrogens (tertiary/aromatic N) is 3. The van der Waals surface area contributed by atoms with Gasteiger partial charge in [-0.2, -0.15) is 10.2 Å². The highest BCUT2D eigenvalue weighted by Gasteiger charge is 2.05. The van der Waals surface area contributed by atoms with E-state index in [1.807, 2.05) is 6.07 Å². The van der Waals surface area contributed by atoms with Crippen molar-refractivity contribution >= 4 is 29.1 Å². The van der Waals surface area contributed by atoms with Gasteiger partial charge in [-0.1, -0.05) is 11.6 Å². The zero-order chi connectivity index (χ0) is 12.3. The Morgan fingerprint density at radius 2 is 2.18 bits per heavy atom. The van der Waals surface area contributed by atoms with Crippen molar-refractivity contribution in [2.24, 2.45) is 0 Å². The van der Waals surface area contributed by atoms with E-state index >= 15 is 0 Å². The van der Waals surface area contributed by atoms with E-state index < -0.39 is 0 Å². The van der Waals surface area contributed by atoms with Crippen LogP contribution in [0.2, 0.25) is 5.02 Å². The molecule has 3 N–H and O–H groups in total. The molecule has 5 nitrogen and oxygen atoms in total. The first kappa shape index (κ1) is 11.2. The van der Waals surface area contributed by atoms with Gasteiger partial charge in [-0.25, -0.2) is 4.98 Å². The van der Waals surface area contributed by atoms with Gasteiger partial charge in [0.05, 0.1) is 11.3 Å². The highest BCUT2D eigenvalue weighted by Crippen LogP contribution is 2.22. The van der Waals surface area contributed by atoms with Crippen molar-refractivity contribution in [2.75, 3.05) is 11.1 Å². The summed E-state index contributed by atoms with van der Waals surface area (Å²) in [5.74, 6) is 0.673. The molecule has 1 heterocycles. The van der Waals surface area contributed by atoms with Crippen molar-refractivity contribution in [1.82, 2.24) is 9.97 Å². The molecule has 0 aliphatic rings. The van der Waals surface area contributed by atoms with Gasteiger partial charge in [0.2, 0.25) is 5.95 Å². The SMILES string of the molecule is N#Cc1ccc(Cl)cc1Nc1nccc(N)n1. The van der Waals surface area contributed by atoms with Crippen LogP contribution >= 0.6 is 11.6 Å². The number of nitrogen functional groups attached to an aromatic ring is 1. The second kappa shape index (κ2) is 4.68. The van der Waals surface area contributed by atoms with Crippen LogP contribution in [0.4, 0.5) is 17.5 Å². The maximum atomic E-state index is 8.94. The molecule has 17 heavy (non-hydrogen) atoms. The molecule has 0 fully saturated rings. The maximum Gasteiger partial charge on any atom is 0.229 e. The first-order valence-corrected chi connectivity index (χ1v) is 5.12. The van der Waals surface area contributed by atoms with Gasteiger partial charge in [-0.15, -0.1) is 0 Å². The van der Waals surface area contributed by atoms with Crippen LogP contribution in [-0.2, 0) is 0 Å². The smallest absolute Gasteiger partial charge is 0.229 e. The number of halogens is 1. The first-order chi connectivity index (χ1) is 8.19. The quantitative estimate of drug-likeness (QED) is 0.848. The maximum absolute atomic E-state index is 8.94. The molecule has 84 valence electrons. The van der Waals surface area contributed by atoms with Crippen molar-refractivity contribution < 1.29 is 0 Å². The van der Waals surface area contributed by atoms with E-state index in [2.05, 4.69) is 15.3 Å². The zero-order valence-corrected chi connectivity index (χ0v) is 9.44. The normalized spacial score (nSPS) is 9.65. The molecule has 2 rings (SSSR count). The summed E-state index contributed by atoms with van der Waals surface area (Å²) in [4.78, 5) is 7.96. The average Bonchev–Trinajstić information content (AvgIpc) is 2.29. The minimum atomic E-state index is 0.323. The second-order valence-electron chi connectivity index (χ2n) is 3.23. The number of nitriles is 1. The largest absolute Gasteiger partial charge is 0.384 e. The van der Waals surface area contributed by atoms with Gasteiger partial charge in [-0.05, 0) is 24.3 Å². The van der Waals surface area contributed by atoms with Crippen LogP contribution in [0.15, 0.2) is 30.5 Å². The molecular weight excluding hydrogens is 238 g/mol. The van der Waals surface area contributed by atoms with E-state index in [-0.39, 0.29) is 0 Å². The molecule has 0 saturated heterocycles. The summed E-state index contributed by atoms with van der Waals surface area (Å²) in [6.45, 7) is 0. The van der Waals surface area contributed by atoms with Gasteiger partial charge < -0.3 is 11.1 Å². The molecule has 0 bridgehead atoms. The Bertz CT molecular complexity index is 591. The Hall–Kier alpha value is -2.32. The van der Waals surface area contributed by atoms with E-state index in [1.165, 1.54) is 6.20 Å². The molecule has 2 aromatic rings. The number of hydrogen-bond acceptors (Lipinski definition) is 5. The Morgan fingerprint density at radius 1 is 1.35 bits per heavy atom. The van der Waals surface area contributed by atoms with Gasteiger partial charge in [0.15, 0.2) is 0 Å². The van der Waals surface area contributed by atoms with Crippen LogP contribution in [0.3, 0.4) is 0 Å². The van der Waals surface area contributed by atoms with E-state index in [0.717, 1.165) is 0 Å². The summed E-state index contributed by atoms with van der Waals surface area (Å²) in [5.41, 5.74) is 6.54. The molecule has 0 aliphatic heterocycles. The lowest BCUT2D eigenvalue weighted by atomic mass is 10.2. The van der Waals surface area contributed by atoms with E-state index in [0.29, 0.717) is 28.0 Å². The highest BCUT2D eigenvalue weighted by molar-refractivity contribution is 6.30. The molecule has 0 saturated carbocycles. The molecule has 0 unspecified atom stereocenters. The fourth-order valence-electron chi connectivity index (χ4n) is 1.27. The molecule has 0 amide bonds. The Kier molecular flexibility index (Phi) is 3.08. The number of nitrogens with two attached hydrogens (primary N) is 1. The number of hydrogen-bond donors (Lipinski definition) is 2. The monoisotopic (exact) mass is 245 g/mol. The molecular formula is C11H8ClN5. The fraction of sp³-hybridized carbons (Fsp3) is 0. The minimum Gasteiger partial charge on any atom is -0.384 e. The Morgan fingerprint density at radius 3 is 2.88 bits per heavy atom. The summed E-state index contributed by atoms with van der Waals surface area (Å²) in [5, 5.41) is 12.4. The fourth-order valence-corrected chi connectivity index (χ4v) is 1.44. The summed E-state index contributed by atoms with van der Waals surface area (Å²) < 4.78 is 0. The van der Waals surface area contributed by atoms with Crippen molar-refractivity contribution in [1.29, 1.82) is 5.26 Å². The second-order valence-corrected chi connectivity index (χ2v) is 3.67. The lowest BCUT2D eigenvalue weighted by molar-refractivity contribution is 1.17. The predicted octanol–water partition coefficient (Wildman–Crippen LogP) is 2.33. The van der Waals surface area contributed by atoms with Crippen molar-refractivity contribution in [2.45, 2.75) is 0 Å². The van der Waals surface area contributed by atoms with Crippen LogP contribution in [-0.4, -0.2) is 9.97 Å². The van der Waals surface area contributed by atoms with Crippen LogP contribution in [0.25, 0.3) is 0 Å². The summed E-state index contributed by atoms with van der Waals surface area (Å²) in [6.07, 6.45) is 1.53. The average molecular weight is 246 g/mol. The zero-order valence-electron chi connectivity index (χ0n) is 8.68. The van der Waals surface area contributed by atoms with Crippen LogP contribution in [0.1, 0.15) is 5.56 Å². The van der Waals surface area contributed by atoms with Crippen molar-refractivity contribution in [3.63, 3.8) is 0 Å². The third kappa shape index (κ3) is 2.62. The third-order valence-corrected chi connectivity index (χ3v) is 2.26. The molecule has 0 atom stereocenters. The number of aromatic nitrogens is 2. The lowest BCUT2D eigenvalue weighted by Crippen LogP contribution is -2.00. The van der Waals surface area contributed by atoms with E-state index in [9.17, 15) is 0 Å². The molecule has 0 spiro atoms. The van der Waals surface area contributed by atoms with Gasteiger partial charge in [-0.3, -0.25) is 0 Å². The first-order valence-electron chi connectivity index (χ1n) is 4.74. The Balaban J connectivity index is 2.36. The minimum absolute atomic E-state index is 0.323. The number of anilines is 3.